The fraction of sp³-hybridized carbons (Fsp3) is 0.273. The Labute approximate surface area is 196 Å². The lowest BCUT2D eigenvalue weighted by Crippen LogP contribution is -2.33. The number of hydrogen-bond acceptors (Lipinski definition) is 6. The molecule has 9 nitrogen and oxygen atoms in total. The van der Waals surface area contributed by atoms with Gasteiger partial charge in [-0.1, -0.05) is 30.3 Å². The van der Waals surface area contributed by atoms with Gasteiger partial charge in [0.25, 0.3) is 0 Å². The Morgan fingerprint density at radius 1 is 1.21 bits per heavy atom. The number of halogens is 2. The molecule has 1 saturated heterocycles. The van der Waals surface area contributed by atoms with Crippen LogP contribution in [0.25, 0.3) is 11.1 Å². The van der Waals surface area contributed by atoms with Crippen LogP contribution >= 0.6 is 12.4 Å². The van der Waals surface area contributed by atoms with E-state index in [-0.39, 0.29) is 37.1 Å². The summed E-state index contributed by atoms with van der Waals surface area (Å²) in [6.07, 6.45) is 0.518. The highest BCUT2D eigenvalue weighted by molar-refractivity contribution is 5.90. The van der Waals surface area contributed by atoms with E-state index in [1.54, 1.807) is 18.3 Å². The molecule has 1 fully saturated rings. The maximum absolute atomic E-state index is 14.8. The number of carbonyl (C=O) groups is 2. The van der Waals surface area contributed by atoms with Crippen molar-refractivity contribution >= 4 is 30.1 Å². The third-order valence-electron chi connectivity index (χ3n) is 5.08. The van der Waals surface area contributed by atoms with Crippen LogP contribution in [0.5, 0.6) is 0 Å². The van der Waals surface area contributed by atoms with E-state index in [1.165, 1.54) is 17.9 Å². The van der Waals surface area contributed by atoms with Crippen LogP contribution < -0.4 is 15.5 Å². The molecule has 2 amide bonds. The predicted molar refractivity (Wildman–Crippen MR) is 122 cm³/mol. The van der Waals surface area contributed by atoms with E-state index in [0.717, 1.165) is 16.8 Å². The lowest BCUT2D eigenvalue weighted by molar-refractivity contribution is -0.119. The summed E-state index contributed by atoms with van der Waals surface area (Å²) >= 11 is 0. The number of nitrogens with one attached hydrogen (secondary N) is 3. The third-order valence-corrected chi connectivity index (χ3v) is 5.08. The maximum Gasteiger partial charge on any atom is 0.414 e. The number of H-pyrrole nitrogens is 1. The number of aromatic amines is 1. The molecule has 174 valence electrons. The second kappa shape index (κ2) is 10.9. The minimum absolute atomic E-state index is 0. The average molecular weight is 475 g/mol. The van der Waals surface area contributed by atoms with Crippen molar-refractivity contribution in [2.75, 3.05) is 18.0 Å². The van der Waals surface area contributed by atoms with Gasteiger partial charge in [-0.3, -0.25) is 9.69 Å². The van der Waals surface area contributed by atoms with Gasteiger partial charge in [0.2, 0.25) is 5.91 Å². The molecule has 2 aromatic carbocycles. The van der Waals surface area contributed by atoms with Crippen molar-refractivity contribution < 1.29 is 18.7 Å². The van der Waals surface area contributed by atoms with Gasteiger partial charge in [0.15, 0.2) is 0 Å². The zero-order chi connectivity index (χ0) is 22.5. The maximum atomic E-state index is 14.8. The first-order valence-corrected chi connectivity index (χ1v) is 10.2. The highest BCUT2D eigenvalue weighted by Crippen LogP contribution is 2.29. The van der Waals surface area contributed by atoms with Gasteiger partial charge in [0.05, 0.1) is 30.7 Å². The van der Waals surface area contributed by atoms with E-state index in [4.69, 9.17) is 4.74 Å². The number of carbonyl (C=O) groups excluding carboxylic acids is 2. The predicted octanol–water partition coefficient (Wildman–Crippen LogP) is 2.78. The average Bonchev–Trinajstić information content (AvgIpc) is 3.42. The highest BCUT2D eigenvalue weighted by Gasteiger charge is 2.33. The number of benzene rings is 2. The van der Waals surface area contributed by atoms with Crippen LogP contribution in [0.2, 0.25) is 0 Å². The van der Waals surface area contributed by atoms with E-state index in [2.05, 4.69) is 26.0 Å². The van der Waals surface area contributed by atoms with E-state index in [0.29, 0.717) is 18.7 Å². The molecule has 0 unspecified atom stereocenters. The molecule has 0 bridgehead atoms. The Balaban J connectivity index is 0.00000306. The Bertz CT molecular complexity index is 1090. The number of cyclic esters (lactones) is 1. The van der Waals surface area contributed by atoms with Gasteiger partial charge < -0.3 is 15.4 Å². The summed E-state index contributed by atoms with van der Waals surface area (Å²) in [6, 6.07) is 12.5. The Morgan fingerprint density at radius 2 is 1.97 bits per heavy atom. The van der Waals surface area contributed by atoms with Crippen LogP contribution in [0, 0.1) is 5.82 Å². The molecule has 4 rings (SSSR count). The normalized spacial score (nSPS) is 15.2. The molecular weight excluding hydrogens is 451 g/mol. The number of hydrogen-bond donors (Lipinski definition) is 3. The number of ether oxygens (including phenoxy) is 1. The number of aromatic nitrogens is 3. The SMILES string of the molecule is CC(=O)NC[C@H]1CN(c2ccc(-c3ccc(CNCc4cn[nH]n4)cc3)cc2F)C(=O)O1.Cl. The van der Waals surface area contributed by atoms with Gasteiger partial charge in [-0.05, 0) is 28.8 Å². The summed E-state index contributed by atoms with van der Waals surface area (Å²) in [7, 11) is 0. The minimum Gasteiger partial charge on any atom is -0.442 e. The van der Waals surface area contributed by atoms with Gasteiger partial charge in [0.1, 0.15) is 11.9 Å². The molecule has 0 radical (unpaired) electrons. The summed E-state index contributed by atoms with van der Waals surface area (Å²) in [5, 5.41) is 16.2. The largest absolute Gasteiger partial charge is 0.442 e. The quantitative estimate of drug-likeness (QED) is 0.463. The molecule has 0 aliphatic carbocycles. The number of amides is 2. The van der Waals surface area contributed by atoms with E-state index < -0.39 is 18.0 Å². The molecule has 3 aromatic rings. The first-order chi connectivity index (χ1) is 15.5. The van der Waals surface area contributed by atoms with Crippen molar-refractivity contribution in [1.82, 2.24) is 26.0 Å². The van der Waals surface area contributed by atoms with E-state index >= 15 is 0 Å². The lowest BCUT2D eigenvalue weighted by Gasteiger charge is -2.15. The fourth-order valence-corrected chi connectivity index (χ4v) is 3.45. The van der Waals surface area contributed by atoms with Crippen molar-refractivity contribution in [3.05, 3.63) is 65.7 Å². The summed E-state index contributed by atoms with van der Waals surface area (Å²) in [5.74, 6) is -0.732. The van der Waals surface area contributed by atoms with Crippen LogP contribution in [0.3, 0.4) is 0 Å². The molecule has 0 saturated carbocycles. The van der Waals surface area contributed by atoms with Gasteiger partial charge in [-0.25, -0.2) is 9.18 Å². The smallest absolute Gasteiger partial charge is 0.414 e. The molecule has 1 aromatic heterocycles. The summed E-state index contributed by atoms with van der Waals surface area (Å²) in [5.41, 5.74) is 3.64. The number of nitrogens with zero attached hydrogens (tertiary/aromatic N) is 3. The van der Waals surface area contributed by atoms with Crippen LogP contribution in [-0.4, -0.2) is 46.6 Å². The second-order valence-electron chi connectivity index (χ2n) is 7.48. The molecule has 1 aliphatic heterocycles. The minimum atomic E-state index is -0.630. The fourth-order valence-electron chi connectivity index (χ4n) is 3.45. The first kappa shape index (κ1) is 24.1. The highest BCUT2D eigenvalue weighted by atomic mass is 35.5. The van der Waals surface area contributed by atoms with Crippen LogP contribution in [0.4, 0.5) is 14.9 Å². The molecule has 33 heavy (non-hydrogen) atoms. The summed E-state index contributed by atoms with van der Waals surface area (Å²) < 4.78 is 20.0. The zero-order valence-electron chi connectivity index (χ0n) is 17.9. The van der Waals surface area contributed by atoms with Crippen molar-refractivity contribution in [2.45, 2.75) is 26.1 Å². The van der Waals surface area contributed by atoms with Gasteiger partial charge in [-0.2, -0.15) is 15.4 Å². The van der Waals surface area contributed by atoms with E-state index in [9.17, 15) is 14.0 Å². The van der Waals surface area contributed by atoms with Crippen LogP contribution in [0.1, 0.15) is 18.2 Å². The molecular formula is C22H24ClFN6O3. The molecule has 0 spiro atoms. The standard InChI is InChI=1S/C22H23FN6O3.ClH/c1-14(30)25-12-19-13-29(22(31)32-19)21-7-6-17(8-20(21)23)16-4-2-15(3-5-16)9-24-10-18-11-26-28-27-18;/h2-8,11,19,24H,9-10,12-13H2,1H3,(H,25,30)(H,26,27,28);1H/t19-;/m0./s1. The van der Waals surface area contributed by atoms with E-state index in [1.807, 2.05) is 24.3 Å². The number of rotatable bonds is 8. The molecule has 3 N–H and O–H groups in total. The molecule has 1 atom stereocenters. The second-order valence-corrected chi connectivity index (χ2v) is 7.48. The third kappa shape index (κ3) is 6.05. The Morgan fingerprint density at radius 3 is 2.64 bits per heavy atom. The number of anilines is 1. The summed E-state index contributed by atoms with van der Waals surface area (Å²) in [6.45, 7) is 3.02. The monoisotopic (exact) mass is 474 g/mol. The lowest BCUT2D eigenvalue weighted by atomic mass is 10.0. The Hall–Kier alpha value is -3.50. The molecule has 1 aliphatic rings. The first-order valence-electron chi connectivity index (χ1n) is 10.2. The summed E-state index contributed by atoms with van der Waals surface area (Å²) in [4.78, 5) is 24.4. The van der Waals surface area contributed by atoms with Crippen molar-refractivity contribution in [1.29, 1.82) is 0 Å². The molecule has 11 heteroatoms. The van der Waals surface area contributed by atoms with Crippen LogP contribution in [-0.2, 0) is 22.6 Å². The van der Waals surface area contributed by atoms with Gasteiger partial charge in [0, 0.05) is 20.0 Å². The van der Waals surface area contributed by atoms with Crippen LogP contribution in [0.15, 0.2) is 48.7 Å². The van der Waals surface area contributed by atoms with Crippen molar-refractivity contribution in [2.24, 2.45) is 0 Å². The Kier molecular flexibility index (Phi) is 7.96. The topological polar surface area (TPSA) is 112 Å². The zero-order valence-corrected chi connectivity index (χ0v) is 18.7. The van der Waals surface area contributed by atoms with Crippen molar-refractivity contribution in [3.8, 4) is 11.1 Å². The van der Waals surface area contributed by atoms with Crippen molar-refractivity contribution in [3.63, 3.8) is 0 Å². The van der Waals surface area contributed by atoms with Gasteiger partial charge in [-0.15, -0.1) is 12.4 Å². The van der Waals surface area contributed by atoms with Gasteiger partial charge >= 0.3 is 6.09 Å². The molecule has 2 heterocycles.